The van der Waals surface area contributed by atoms with E-state index in [1.54, 1.807) is 12.3 Å². The Morgan fingerprint density at radius 1 is 1.50 bits per heavy atom. The van der Waals surface area contributed by atoms with Crippen LogP contribution in [-0.2, 0) is 11.3 Å². The molecule has 2 aromatic heterocycles. The summed E-state index contributed by atoms with van der Waals surface area (Å²) in [5.41, 5.74) is 0.889. The van der Waals surface area contributed by atoms with Crippen molar-refractivity contribution in [3.8, 4) is 0 Å². The quantitative estimate of drug-likeness (QED) is 0.673. The van der Waals surface area contributed by atoms with Crippen molar-refractivity contribution in [2.45, 2.75) is 32.0 Å². The van der Waals surface area contributed by atoms with Gasteiger partial charge in [0.2, 0.25) is 5.82 Å². The monoisotopic (exact) mass is 303 g/mol. The first-order valence-electron chi connectivity index (χ1n) is 7.22. The number of nitrogens with one attached hydrogen (secondary N) is 1. The van der Waals surface area contributed by atoms with E-state index in [1.165, 1.54) is 12.3 Å². The van der Waals surface area contributed by atoms with E-state index in [1.807, 2.05) is 10.9 Å². The van der Waals surface area contributed by atoms with Crippen LogP contribution in [0.25, 0.3) is 0 Å². The Hall–Kier alpha value is -2.48. The SMILES string of the molecule is O=[N+]([O-])c1cccnc1NCc1cnn(C2CCCCO2)c1. The van der Waals surface area contributed by atoms with Gasteiger partial charge in [-0.1, -0.05) is 0 Å². The lowest BCUT2D eigenvalue weighted by Gasteiger charge is -2.22. The maximum absolute atomic E-state index is 10.9. The third-order valence-corrected chi connectivity index (χ3v) is 3.55. The van der Waals surface area contributed by atoms with Gasteiger partial charge in [-0.2, -0.15) is 5.10 Å². The Balaban J connectivity index is 1.65. The maximum atomic E-state index is 10.9. The van der Waals surface area contributed by atoms with E-state index in [0.717, 1.165) is 31.4 Å². The van der Waals surface area contributed by atoms with Crippen molar-refractivity contribution in [3.05, 3.63) is 46.4 Å². The summed E-state index contributed by atoms with van der Waals surface area (Å²) >= 11 is 0. The number of nitrogens with zero attached hydrogens (tertiary/aromatic N) is 4. The van der Waals surface area contributed by atoms with Crippen LogP contribution >= 0.6 is 0 Å². The van der Waals surface area contributed by atoms with E-state index in [0.29, 0.717) is 6.54 Å². The molecule has 2 aromatic rings. The highest BCUT2D eigenvalue weighted by atomic mass is 16.6. The van der Waals surface area contributed by atoms with Crippen molar-refractivity contribution in [3.63, 3.8) is 0 Å². The van der Waals surface area contributed by atoms with Crippen LogP contribution in [0.1, 0.15) is 31.1 Å². The van der Waals surface area contributed by atoms with E-state index in [4.69, 9.17) is 4.74 Å². The van der Waals surface area contributed by atoms with Crippen molar-refractivity contribution in [1.82, 2.24) is 14.8 Å². The molecule has 22 heavy (non-hydrogen) atoms. The van der Waals surface area contributed by atoms with E-state index in [9.17, 15) is 10.1 Å². The number of nitro groups is 1. The molecule has 1 fully saturated rings. The molecule has 0 aromatic carbocycles. The average molecular weight is 303 g/mol. The van der Waals surface area contributed by atoms with E-state index < -0.39 is 4.92 Å². The molecule has 1 atom stereocenters. The van der Waals surface area contributed by atoms with Gasteiger partial charge >= 0.3 is 5.69 Å². The second kappa shape index (κ2) is 6.52. The summed E-state index contributed by atoms with van der Waals surface area (Å²) in [5.74, 6) is 0.258. The van der Waals surface area contributed by atoms with E-state index in [2.05, 4.69) is 15.4 Å². The minimum absolute atomic E-state index is 0.00770. The zero-order chi connectivity index (χ0) is 15.4. The topological polar surface area (TPSA) is 95.1 Å². The van der Waals surface area contributed by atoms with Gasteiger partial charge in [0, 0.05) is 37.2 Å². The summed E-state index contributed by atoms with van der Waals surface area (Å²) in [6.45, 7) is 1.18. The fraction of sp³-hybridized carbons (Fsp3) is 0.429. The van der Waals surface area contributed by atoms with Crippen LogP contribution in [0.2, 0.25) is 0 Å². The van der Waals surface area contributed by atoms with Crippen molar-refractivity contribution in [2.24, 2.45) is 0 Å². The standard InChI is InChI=1S/C14H17N5O3/c20-19(21)12-4-3-6-15-14(12)16-8-11-9-17-18(10-11)13-5-1-2-7-22-13/h3-4,6,9-10,13H,1-2,5,7-8H2,(H,15,16). The first-order valence-corrected chi connectivity index (χ1v) is 7.22. The number of hydrogen-bond acceptors (Lipinski definition) is 6. The van der Waals surface area contributed by atoms with Gasteiger partial charge in [0.1, 0.15) is 6.23 Å². The summed E-state index contributed by atoms with van der Waals surface area (Å²) in [6.07, 6.45) is 8.34. The van der Waals surface area contributed by atoms with Gasteiger partial charge in [-0.3, -0.25) is 10.1 Å². The Morgan fingerprint density at radius 3 is 3.18 bits per heavy atom. The molecule has 8 heteroatoms. The highest BCUT2D eigenvalue weighted by Crippen LogP contribution is 2.23. The van der Waals surface area contributed by atoms with Crippen molar-refractivity contribution >= 4 is 11.5 Å². The first-order chi connectivity index (χ1) is 10.7. The van der Waals surface area contributed by atoms with Gasteiger partial charge in [0.05, 0.1) is 11.1 Å². The van der Waals surface area contributed by atoms with Gasteiger partial charge in [0.25, 0.3) is 0 Å². The molecule has 1 saturated heterocycles. The van der Waals surface area contributed by atoms with Crippen molar-refractivity contribution in [2.75, 3.05) is 11.9 Å². The van der Waals surface area contributed by atoms with Crippen LogP contribution in [0.15, 0.2) is 30.7 Å². The lowest BCUT2D eigenvalue weighted by Crippen LogP contribution is -2.18. The number of ether oxygens (including phenoxy) is 1. The highest BCUT2D eigenvalue weighted by Gasteiger charge is 2.17. The molecular weight excluding hydrogens is 286 g/mol. The second-order valence-electron chi connectivity index (χ2n) is 5.13. The number of pyridine rings is 1. The number of aromatic nitrogens is 3. The van der Waals surface area contributed by atoms with Crippen LogP contribution in [0.5, 0.6) is 0 Å². The predicted octanol–water partition coefficient (Wildman–Crippen LogP) is 2.50. The molecule has 0 aliphatic carbocycles. The summed E-state index contributed by atoms with van der Waals surface area (Å²) in [4.78, 5) is 14.5. The number of rotatable bonds is 5. The Kier molecular flexibility index (Phi) is 4.29. The largest absolute Gasteiger partial charge is 0.360 e. The minimum Gasteiger partial charge on any atom is -0.360 e. The molecular formula is C14H17N5O3. The molecule has 116 valence electrons. The molecule has 8 nitrogen and oxygen atoms in total. The fourth-order valence-corrected chi connectivity index (χ4v) is 2.42. The Bertz CT molecular complexity index is 651. The Morgan fingerprint density at radius 2 is 2.41 bits per heavy atom. The van der Waals surface area contributed by atoms with Gasteiger partial charge in [-0.25, -0.2) is 9.67 Å². The smallest absolute Gasteiger partial charge is 0.311 e. The van der Waals surface area contributed by atoms with Crippen LogP contribution in [0, 0.1) is 10.1 Å². The molecule has 0 bridgehead atoms. The second-order valence-corrected chi connectivity index (χ2v) is 5.13. The first kappa shape index (κ1) is 14.5. The number of anilines is 1. The van der Waals surface area contributed by atoms with Crippen LogP contribution in [0.4, 0.5) is 11.5 Å². The summed E-state index contributed by atoms with van der Waals surface area (Å²) < 4.78 is 7.48. The molecule has 3 heterocycles. The summed E-state index contributed by atoms with van der Waals surface area (Å²) in [6, 6.07) is 2.97. The average Bonchev–Trinajstić information content (AvgIpc) is 3.03. The summed E-state index contributed by atoms with van der Waals surface area (Å²) in [5, 5.41) is 18.2. The van der Waals surface area contributed by atoms with Gasteiger partial charge in [-0.05, 0) is 25.3 Å². The Labute approximate surface area is 127 Å². The van der Waals surface area contributed by atoms with Crippen LogP contribution < -0.4 is 5.32 Å². The third-order valence-electron chi connectivity index (χ3n) is 3.55. The van der Waals surface area contributed by atoms with Gasteiger partial charge in [-0.15, -0.1) is 0 Å². The molecule has 0 spiro atoms. The van der Waals surface area contributed by atoms with E-state index >= 15 is 0 Å². The molecule has 0 saturated carbocycles. The van der Waals surface area contributed by atoms with Crippen molar-refractivity contribution < 1.29 is 9.66 Å². The molecule has 1 unspecified atom stereocenters. The van der Waals surface area contributed by atoms with Gasteiger partial charge < -0.3 is 10.1 Å². The zero-order valence-corrected chi connectivity index (χ0v) is 12.0. The lowest BCUT2D eigenvalue weighted by atomic mass is 10.2. The maximum Gasteiger partial charge on any atom is 0.311 e. The zero-order valence-electron chi connectivity index (χ0n) is 12.0. The lowest BCUT2D eigenvalue weighted by molar-refractivity contribution is -0.384. The molecule has 0 amide bonds. The number of hydrogen-bond donors (Lipinski definition) is 1. The van der Waals surface area contributed by atoms with Crippen molar-refractivity contribution in [1.29, 1.82) is 0 Å². The van der Waals surface area contributed by atoms with Gasteiger partial charge in [0.15, 0.2) is 0 Å². The molecule has 0 radical (unpaired) electrons. The molecule has 3 rings (SSSR count). The minimum atomic E-state index is -0.450. The highest BCUT2D eigenvalue weighted by molar-refractivity contribution is 5.55. The normalized spacial score (nSPS) is 18.1. The van der Waals surface area contributed by atoms with Crippen LogP contribution in [0.3, 0.4) is 0 Å². The van der Waals surface area contributed by atoms with E-state index in [-0.39, 0.29) is 17.7 Å². The molecule has 1 aliphatic rings. The third kappa shape index (κ3) is 3.22. The molecule has 1 N–H and O–H groups in total. The van der Waals surface area contributed by atoms with Crippen LogP contribution in [-0.4, -0.2) is 26.3 Å². The fourth-order valence-electron chi connectivity index (χ4n) is 2.42. The summed E-state index contributed by atoms with van der Waals surface area (Å²) in [7, 11) is 0. The molecule has 1 aliphatic heterocycles. The predicted molar refractivity (Wildman–Crippen MR) is 79.3 cm³/mol.